The fraction of sp³-hybridized carbons (Fsp3) is 0.250. The summed E-state index contributed by atoms with van der Waals surface area (Å²) >= 11 is 0. The van der Waals surface area contributed by atoms with E-state index in [2.05, 4.69) is 34.5 Å². The quantitative estimate of drug-likeness (QED) is 0.698. The predicted molar refractivity (Wildman–Crippen MR) is 101 cm³/mol. The molecule has 0 fully saturated rings. The van der Waals surface area contributed by atoms with Crippen LogP contribution in [0, 0.1) is 11.7 Å². The van der Waals surface area contributed by atoms with E-state index >= 15 is 0 Å². The Kier molecular flexibility index (Phi) is 4.35. The van der Waals surface area contributed by atoms with Crippen LogP contribution in [0.3, 0.4) is 0 Å². The first kappa shape index (κ1) is 17.2. The third-order valence-corrected chi connectivity index (χ3v) is 5.01. The van der Waals surface area contributed by atoms with E-state index < -0.39 is 0 Å². The fourth-order valence-electron chi connectivity index (χ4n) is 3.47. The van der Waals surface area contributed by atoms with Crippen molar-refractivity contribution < 1.29 is 9.18 Å². The Morgan fingerprint density at radius 1 is 1.19 bits per heavy atom. The average molecular weight is 365 g/mol. The summed E-state index contributed by atoms with van der Waals surface area (Å²) in [6.45, 7) is 2.88. The highest BCUT2D eigenvalue weighted by Crippen LogP contribution is 2.33. The third-order valence-electron chi connectivity index (χ3n) is 5.01. The number of rotatable bonds is 3. The van der Waals surface area contributed by atoms with Crippen molar-refractivity contribution in [1.82, 2.24) is 14.8 Å². The number of hydrogen-bond acceptors (Lipinski definition) is 4. The zero-order valence-electron chi connectivity index (χ0n) is 14.9. The number of nitrogens with zero attached hydrogens (tertiary/aromatic N) is 3. The molecule has 1 amide bonds. The van der Waals surface area contributed by atoms with Crippen molar-refractivity contribution in [2.24, 2.45) is 5.92 Å². The maximum absolute atomic E-state index is 13.0. The van der Waals surface area contributed by atoms with Crippen molar-refractivity contribution in [3.05, 3.63) is 71.3 Å². The van der Waals surface area contributed by atoms with Crippen molar-refractivity contribution in [3.63, 3.8) is 0 Å². The number of amides is 1. The second kappa shape index (κ2) is 6.83. The Morgan fingerprint density at radius 2 is 1.89 bits per heavy atom. The molecule has 27 heavy (non-hydrogen) atoms. The summed E-state index contributed by atoms with van der Waals surface area (Å²) in [5.41, 5.74) is 8.11. The first-order chi connectivity index (χ1) is 13.0. The van der Waals surface area contributed by atoms with Gasteiger partial charge in [-0.2, -0.15) is 4.98 Å². The van der Waals surface area contributed by atoms with E-state index in [1.807, 2.05) is 16.8 Å². The van der Waals surface area contributed by atoms with Crippen LogP contribution >= 0.6 is 0 Å². The first-order valence-corrected chi connectivity index (χ1v) is 8.85. The molecule has 2 atom stereocenters. The Bertz CT molecular complexity index is 965. The van der Waals surface area contributed by atoms with Gasteiger partial charge in [0.2, 0.25) is 5.95 Å². The largest absolute Gasteiger partial charge is 0.399 e. The van der Waals surface area contributed by atoms with E-state index in [1.54, 1.807) is 0 Å². The van der Waals surface area contributed by atoms with Crippen LogP contribution in [0.25, 0.3) is 0 Å². The van der Waals surface area contributed by atoms with Crippen molar-refractivity contribution in [3.8, 4) is 0 Å². The minimum absolute atomic E-state index is 0.268. The normalized spacial score (nSPS) is 18.7. The molecule has 6 nitrogen and oxygen atoms in total. The van der Waals surface area contributed by atoms with Gasteiger partial charge in [-0.1, -0.05) is 19.1 Å². The van der Waals surface area contributed by atoms with Crippen molar-refractivity contribution in [1.29, 1.82) is 0 Å². The number of nitrogens with one attached hydrogen (secondary N) is 1. The van der Waals surface area contributed by atoms with Crippen molar-refractivity contribution >= 4 is 17.5 Å². The van der Waals surface area contributed by atoms with Gasteiger partial charge in [-0.05, 0) is 47.9 Å². The Hall–Kier alpha value is -3.22. The summed E-state index contributed by atoms with van der Waals surface area (Å²) in [6.07, 6.45) is 0.772. The van der Waals surface area contributed by atoms with Gasteiger partial charge in [-0.25, -0.2) is 9.07 Å². The van der Waals surface area contributed by atoms with Crippen LogP contribution in [0.15, 0.2) is 48.5 Å². The van der Waals surface area contributed by atoms with E-state index in [9.17, 15) is 9.18 Å². The molecule has 1 aliphatic heterocycles. The van der Waals surface area contributed by atoms with Crippen LogP contribution in [0.4, 0.5) is 16.0 Å². The molecule has 0 saturated carbocycles. The van der Waals surface area contributed by atoms with Crippen LogP contribution in [0.5, 0.6) is 0 Å². The Morgan fingerprint density at radius 3 is 2.59 bits per heavy atom. The van der Waals surface area contributed by atoms with Gasteiger partial charge in [0.25, 0.3) is 5.91 Å². The second-order valence-electron chi connectivity index (χ2n) is 6.95. The summed E-state index contributed by atoms with van der Waals surface area (Å²) in [5.74, 6) is 1.07. The molecule has 0 saturated heterocycles. The predicted octanol–water partition coefficient (Wildman–Crippen LogP) is 3.23. The number of carbonyl (C=O) groups is 1. The minimum Gasteiger partial charge on any atom is -0.399 e. The molecule has 4 rings (SSSR count). The van der Waals surface area contributed by atoms with Gasteiger partial charge in [0.05, 0.1) is 6.54 Å². The van der Waals surface area contributed by atoms with Gasteiger partial charge in [0.15, 0.2) is 0 Å². The second-order valence-corrected chi connectivity index (χ2v) is 6.95. The van der Waals surface area contributed by atoms with Gasteiger partial charge in [-0.3, -0.25) is 10.1 Å². The molecule has 1 aliphatic rings. The molecule has 0 bridgehead atoms. The monoisotopic (exact) mass is 365 g/mol. The summed E-state index contributed by atoms with van der Waals surface area (Å²) in [6, 6.07) is 13.3. The molecule has 0 radical (unpaired) electrons. The summed E-state index contributed by atoms with van der Waals surface area (Å²) in [7, 11) is 0. The van der Waals surface area contributed by atoms with Gasteiger partial charge in [0, 0.05) is 23.6 Å². The van der Waals surface area contributed by atoms with Gasteiger partial charge >= 0.3 is 0 Å². The highest BCUT2D eigenvalue weighted by atomic mass is 19.1. The van der Waals surface area contributed by atoms with E-state index in [0.717, 1.165) is 17.9 Å². The molecule has 7 heteroatoms. The number of nitrogens with two attached hydrogens (primary N) is 1. The molecule has 0 spiro atoms. The molecule has 0 aliphatic carbocycles. The summed E-state index contributed by atoms with van der Waals surface area (Å²) < 4.78 is 14.8. The van der Waals surface area contributed by atoms with Crippen LogP contribution in [-0.4, -0.2) is 20.7 Å². The van der Waals surface area contributed by atoms with Crippen molar-refractivity contribution in [2.75, 3.05) is 11.1 Å². The van der Waals surface area contributed by atoms with E-state index in [4.69, 9.17) is 5.73 Å². The van der Waals surface area contributed by atoms with Crippen molar-refractivity contribution in [2.45, 2.75) is 25.8 Å². The zero-order valence-corrected chi connectivity index (χ0v) is 14.9. The maximum atomic E-state index is 13.0. The maximum Gasteiger partial charge on any atom is 0.258 e. The highest BCUT2D eigenvalue weighted by Gasteiger charge is 2.29. The lowest BCUT2D eigenvalue weighted by atomic mass is 9.83. The summed E-state index contributed by atoms with van der Waals surface area (Å²) in [5, 5.41) is 7.13. The summed E-state index contributed by atoms with van der Waals surface area (Å²) in [4.78, 5) is 16.7. The van der Waals surface area contributed by atoms with Gasteiger partial charge in [0.1, 0.15) is 11.6 Å². The molecule has 1 aromatic heterocycles. The number of nitrogen functional groups attached to an aromatic ring is 1. The number of fused-ring (bicyclic) bond motifs is 1. The van der Waals surface area contributed by atoms with Crippen LogP contribution in [-0.2, 0) is 13.0 Å². The lowest BCUT2D eigenvalue weighted by Gasteiger charge is -2.29. The number of anilines is 2. The van der Waals surface area contributed by atoms with E-state index in [-0.39, 0.29) is 17.7 Å². The van der Waals surface area contributed by atoms with Gasteiger partial charge in [-0.15, -0.1) is 5.10 Å². The minimum atomic E-state index is -0.384. The number of hydrogen-bond donors (Lipinski definition) is 2. The molecule has 2 unspecified atom stereocenters. The molecule has 2 heterocycles. The topological polar surface area (TPSA) is 85.8 Å². The van der Waals surface area contributed by atoms with Gasteiger partial charge < -0.3 is 5.73 Å². The highest BCUT2D eigenvalue weighted by molar-refractivity contribution is 6.03. The lowest BCUT2D eigenvalue weighted by molar-refractivity contribution is 0.102. The van der Waals surface area contributed by atoms with Crippen LogP contribution < -0.4 is 11.1 Å². The number of benzene rings is 2. The van der Waals surface area contributed by atoms with E-state index in [1.165, 1.54) is 29.8 Å². The average Bonchev–Trinajstić information content (AvgIpc) is 3.03. The lowest BCUT2D eigenvalue weighted by Crippen LogP contribution is -2.27. The van der Waals surface area contributed by atoms with Crippen LogP contribution in [0.1, 0.15) is 34.6 Å². The number of halogens is 1. The number of carbonyl (C=O) groups excluding carboxylic acids is 1. The Labute approximate surface area is 156 Å². The molecule has 2 aromatic carbocycles. The molecular weight excluding hydrogens is 345 g/mol. The Balaban J connectivity index is 1.52. The smallest absolute Gasteiger partial charge is 0.258 e. The SMILES string of the molecule is CC1Cc2nc(NC(=O)c3ccc(F)cc3)nn2CC1c1ccc(N)cc1. The standard InChI is InChI=1S/C20H20FN5O/c1-12-10-18-23-20(24-19(27)14-2-6-15(21)7-3-14)25-26(18)11-17(12)13-4-8-16(22)9-5-13/h2-9,12,17H,10-11,22H2,1H3,(H,24,25,27). The third kappa shape index (κ3) is 3.53. The zero-order chi connectivity index (χ0) is 19.0. The molecular formula is C20H20FN5O. The molecule has 3 N–H and O–H groups in total. The first-order valence-electron chi connectivity index (χ1n) is 8.85. The molecule has 3 aromatic rings. The van der Waals surface area contributed by atoms with Crippen LogP contribution in [0.2, 0.25) is 0 Å². The fourth-order valence-corrected chi connectivity index (χ4v) is 3.47. The number of aromatic nitrogens is 3. The van der Waals surface area contributed by atoms with E-state index in [0.29, 0.717) is 23.9 Å². The molecule has 138 valence electrons.